The minimum Gasteiger partial charge on any atom is -0.370 e. The van der Waals surface area contributed by atoms with E-state index < -0.39 is 22.7 Å². The average molecular weight is 582 g/mol. The van der Waals surface area contributed by atoms with Crippen molar-refractivity contribution in [2.75, 3.05) is 68.2 Å². The number of aromatic nitrogens is 2. The zero-order valence-corrected chi connectivity index (χ0v) is 23.4. The smallest absolute Gasteiger partial charge is 0.370 e. The highest BCUT2D eigenvalue weighted by atomic mass is 32.2. The lowest BCUT2D eigenvalue weighted by atomic mass is 9.71. The van der Waals surface area contributed by atoms with Gasteiger partial charge in [0.25, 0.3) is 0 Å². The van der Waals surface area contributed by atoms with Gasteiger partial charge in [0.05, 0.1) is 5.56 Å². The lowest BCUT2D eigenvalue weighted by molar-refractivity contribution is -0.137. The lowest BCUT2D eigenvalue weighted by Gasteiger charge is -2.55. The molecule has 10 nitrogen and oxygen atoms in total. The fraction of sp³-hybridized carbons (Fsp3) is 0.577. The number of nitrogens with one attached hydrogen (secondary N) is 1. The topological polar surface area (TPSA) is 94.0 Å². The van der Waals surface area contributed by atoms with Crippen molar-refractivity contribution in [1.82, 2.24) is 24.5 Å². The Balaban J connectivity index is 1.22. The highest BCUT2D eigenvalue weighted by Gasteiger charge is 2.46. The maximum absolute atomic E-state index is 13.6. The van der Waals surface area contributed by atoms with Crippen LogP contribution in [0, 0.1) is 5.41 Å². The van der Waals surface area contributed by atoms with Crippen LogP contribution in [0.15, 0.2) is 30.5 Å². The minimum atomic E-state index is -4.43. The van der Waals surface area contributed by atoms with Gasteiger partial charge < -0.3 is 14.7 Å². The summed E-state index contributed by atoms with van der Waals surface area (Å²) in [6, 6.07) is 5.28. The first-order valence-corrected chi connectivity index (χ1v) is 14.9. The van der Waals surface area contributed by atoms with E-state index in [0.717, 1.165) is 24.5 Å². The number of hydrogen-bond donors (Lipinski definition) is 1. The number of carbonyl (C=O) groups is 2. The molecule has 0 saturated carbocycles. The van der Waals surface area contributed by atoms with Crippen molar-refractivity contribution in [2.24, 2.45) is 5.41 Å². The Morgan fingerprint density at radius 3 is 2.30 bits per heavy atom. The minimum absolute atomic E-state index is 0.0392. The number of benzene rings is 1. The molecule has 1 aromatic carbocycles. The number of amides is 2. The van der Waals surface area contributed by atoms with Gasteiger partial charge in [-0.15, -0.1) is 5.10 Å². The number of piperazine rings is 1. The monoisotopic (exact) mass is 581 g/mol. The normalized spacial score (nSPS) is 20.4. The summed E-state index contributed by atoms with van der Waals surface area (Å²) in [5.41, 5.74) is 0.823. The molecule has 0 bridgehead atoms. The van der Waals surface area contributed by atoms with Crippen LogP contribution in [0.2, 0.25) is 0 Å². The number of rotatable bonds is 5. The van der Waals surface area contributed by atoms with E-state index in [4.69, 9.17) is 0 Å². The van der Waals surface area contributed by atoms with Crippen LogP contribution >= 0.6 is 0 Å². The number of likely N-dealkylation sites (tertiary alicyclic amines) is 1. The predicted octanol–water partition coefficient (Wildman–Crippen LogP) is 2.84. The van der Waals surface area contributed by atoms with E-state index in [1.165, 1.54) is 23.2 Å². The second-order valence-electron chi connectivity index (χ2n) is 11.0. The molecule has 1 atom stereocenters. The Kier molecular flexibility index (Phi) is 7.83. The van der Waals surface area contributed by atoms with Gasteiger partial charge in [-0.1, -0.05) is 6.07 Å². The van der Waals surface area contributed by atoms with Gasteiger partial charge in [0.2, 0.25) is 5.91 Å². The Hall–Kier alpha value is -3.13. The second kappa shape index (κ2) is 11.0. The van der Waals surface area contributed by atoms with Crippen LogP contribution in [0.1, 0.15) is 30.9 Å². The maximum Gasteiger partial charge on any atom is 0.416 e. The van der Waals surface area contributed by atoms with Gasteiger partial charge in [-0.3, -0.25) is 14.4 Å². The quantitative estimate of drug-likeness (QED) is 0.584. The molecule has 1 spiro atoms. The van der Waals surface area contributed by atoms with Crippen molar-refractivity contribution in [2.45, 2.75) is 32.5 Å². The number of piperidine rings is 1. The van der Waals surface area contributed by atoms with Gasteiger partial charge in [0.15, 0.2) is 5.82 Å². The summed E-state index contributed by atoms with van der Waals surface area (Å²) in [5, 5.41) is 4.13. The van der Waals surface area contributed by atoms with E-state index in [2.05, 4.69) is 14.7 Å². The highest BCUT2D eigenvalue weighted by Crippen LogP contribution is 2.45. The van der Waals surface area contributed by atoms with Gasteiger partial charge >= 0.3 is 12.2 Å². The van der Waals surface area contributed by atoms with Gasteiger partial charge in [0, 0.05) is 95.4 Å². The number of nitrogens with zero attached hydrogens (tertiary/aromatic N) is 6. The fourth-order valence-corrected chi connectivity index (χ4v) is 6.23. The molecule has 1 unspecified atom stereocenters. The molecule has 1 aromatic heterocycles. The number of hydrogen-bond acceptors (Lipinski definition) is 6. The van der Waals surface area contributed by atoms with Crippen LogP contribution in [0.25, 0.3) is 0 Å². The number of anilines is 2. The zero-order chi connectivity index (χ0) is 28.7. The molecule has 3 aliphatic rings. The van der Waals surface area contributed by atoms with Crippen LogP contribution in [-0.4, -0.2) is 99.2 Å². The Morgan fingerprint density at radius 2 is 1.70 bits per heavy atom. The molecule has 0 radical (unpaired) electrons. The largest absolute Gasteiger partial charge is 0.416 e. The third-order valence-corrected chi connectivity index (χ3v) is 8.64. The maximum atomic E-state index is 13.6. The Bertz CT molecular complexity index is 1280. The van der Waals surface area contributed by atoms with Crippen LogP contribution in [0.4, 0.5) is 29.5 Å². The summed E-state index contributed by atoms with van der Waals surface area (Å²) in [7, 11) is -1.30. The van der Waals surface area contributed by atoms with Gasteiger partial charge in [-0.2, -0.15) is 17.9 Å². The number of halogens is 3. The summed E-state index contributed by atoms with van der Waals surface area (Å²) in [6.07, 6.45) is 0.279. The van der Waals surface area contributed by atoms with Gasteiger partial charge in [-0.25, -0.2) is 9.00 Å². The highest BCUT2D eigenvalue weighted by molar-refractivity contribution is 7.85. The number of alkyl halides is 3. The Morgan fingerprint density at radius 1 is 1.02 bits per heavy atom. The molecular formula is C26H34F3N7O3S. The molecule has 4 heterocycles. The molecule has 40 heavy (non-hydrogen) atoms. The average Bonchev–Trinajstić information content (AvgIpc) is 3.35. The lowest BCUT2D eigenvalue weighted by Crippen LogP contribution is -2.61. The molecule has 3 fully saturated rings. The van der Waals surface area contributed by atoms with Crippen LogP contribution in [0.5, 0.6) is 0 Å². The second-order valence-corrected chi connectivity index (χ2v) is 12.1. The summed E-state index contributed by atoms with van der Waals surface area (Å²) >= 11 is 0. The van der Waals surface area contributed by atoms with E-state index >= 15 is 0 Å². The van der Waals surface area contributed by atoms with Crippen molar-refractivity contribution in [1.29, 1.82) is 0 Å². The third-order valence-electron chi connectivity index (χ3n) is 8.15. The molecule has 2 aromatic rings. The zero-order valence-electron chi connectivity index (χ0n) is 22.6. The fourth-order valence-electron chi connectivity index (χ4n) is 5.83. The van der Waals surface area contributed by atoms with E-state index in [-0.39, 0.29) is 17.4 Å². The third kappa shape index (κ3) is 6.12. The summed E-state index contributed by atoms with van der Waals surface area (Å²) in [6.45, 7) is 6.85. The van der Waals surface area contributed by atoms with Crippen molar-refractivity contribution in [3.63, 3.8) is 0 Å². The van der Waals surface area contributed by atoms with Gasteiger partial charge in [-0.05, 0) is 30.5 Å². The molecule has 0 aliphatic carbocycles. The summed E-state index contributed by atoms with van der Waals surface area (Å²) in [4.78, 5) is 32.3. The van der Waals surface area contributed by atoms with Crippen molar-refractivity contribution >= 4 is 34.4 Å². The van der Waals surface area contributed by atoms with Crippen LogP contribution in [0.3, 0.4) is 0 Å². The van der Waals surface area contributed by atoms with E-state index in [9.17, 15) is 27.0 Å². The van der Waals surface area contributed by atoms with Crippen LogP contribution < -0.4 is 9.62 Å². The first-order chi connectivity index (χ1) is 18.9. The summed E-state index contributed by atoms with van der Waals surface area (Å²) < 4.78 is 56.0. The molecule has 14 heteroatoms. The van der Waals surface area contributed by atoms with E-state index in [0.29, 0.717) is 70.4 Å². The van der Waals surface area contributed by atoms with Crippen LogP contribution in [-0.2, 0) is 28.5 Å². The van der Waals surface area contributed by atoms with E-state index in [1.807, 2.05) is 9.80 Å². The molecule has 3 saturated heterocycles. The van der Waals surface area contributed by atoms with Gasteiger partial charge in [0.1, 0.15) is 11.0 Å². The van der Waals surface area contributed by atoms with Crippen molar-refractivity contribution in [3.05, 3.63) is 41.6 Å². The van der Waals surface area contributed by atoms with Crippen molar-refractivity contribution in [3.8, 4) is 0 Å². The molecule has 218 valence electrons. The first-order valence-electron chi connectivity index (χ1n) is 13.3. The molecular weight excluding hydrogens is 547 g/mol. The molecule has 2 amide bonds. The predicted molar refractivity (Wildman–Crippen MR) is 145 cm³/mol. The Labute approximate surface area is 233 Å². The van der Waals surface area contributed by atoms with Crippen molar-refractivity contribution < 1.29 is 27.0 Å². The molecule has 1 N–H and O–H groups in total. The molecule has 5 rings (SSSR count). The number of carbonyl (C=O) groups excluding carboxylic acids is 2. The standard InChI is InChI=1S/C26H34F3N7O3S/c1-19(37)33-9-6-25(7-10-33)17-35(18-25)22-15-21(26(27,28)29)4-3-20(22)16-32-11-13-34(14-12-32)24(38)36-8-5-23(30-36)31-40(2)39/h3-5,8,15H,6-7,9-14,16-18H2,1-2H3,(H,30,31). The molecule has 3 aliphatic heterocycles. The SMILES string of the molecule is CC(=O)N1CCC2(CC1)CN(c1cc(C(F)(F)F)ccc1CN1CCN(C(=O)n3ccc(NS(C)=O)n3)CC1)C2. The first kappa shape index (κ1) is 28.4. The summed E-state index contributed by atoms with van der Waals surface area (Å²) in [5.74, 6) is 0.411. The van der Waals surface area contributed by atoms with E-state index in [1.54, 1.807) is 24.0 Å².